The zero-order valence-corrected chi connectivity index (χ0v) is 86.7. The van der Waals surface area contributed by atoms with Crippen molar-refractivity contribution in [1.29, 1.82) is 0 Å². The topological polar surface area (TPSA) is 285 Å². The highest BCUT2D eigenvalue weighted by Crippen LogP contribution is 2.31. The molecular weight excluding hydrogens is 1740 g/mol. The number of rotatable bonds is 13. The summed E-state index contributed by atoms with van der Waals surface area (Å²) in [5.74, 6) is -4.12. The first-order valence-electron chi connectivity index (χ1n) is 52.9. The van der Waals surface area contributed by atoms with Gasteiger partial charge in [0, 0.05) is 279 Å². The number of morpholine rings is 1. The molecule has 14 fully saturated rings. The summed E-state index contributed by atoms with van der Waals surface area (Å²) in [5.41, 5.74) is 0.380. The van der Waals surface area contributed by atoms with Gasteiger partial charge in [-0.1, -0.05) is 6.92 Å². The number of aliphatic hydroxyl groups excluding tert-OH is 1. The van der Waals surface area contributed by atoms with Crippen LogP contribution >= 0.6 is 0 Å². The molecule has 35 heteroatoms. The fourth-order valence-corrected chi connectivity index (χ4v) is 20.4. The number of carbonyl (C=O) groups excluding carboxylic acids is 7. The predicted octanol–water partition coefficient (Wildman–Crippen LogP) is 13.0. The number of carbonyl (C=O) groups is 7. The molecule has 0 aliphatic carbocycles. The summed E-state index contributed by atoms with van der Waals surface area (Å²) in [6.45, 7) is 61.1. The summed E-state index contributed by atoms with van der Waals surface area (Å²) < 4.78 is 76.6. The third-order valence-corrected chi connectivity index (χ3v) is 30.3. The molecule has 14 rings (SSSR count). The molecule has 0 aromatic heterocycles. The van der Waals surface area contributed by atoms with Gasteiger partial charge in [0.2, 0.25) is 5.91 Å². The van der Waals surface area contributed by atoms with Crippen molar-refractivity contribution in [3.63, 3.8) is 0 Å². The van der Waals surface area contributed by atoms with Crippen LogP contribution in [0, 0.1) is 11.8 Å². The third kappa shape index (κ3) is 41.4. The van der Waals surface area contributed by atoms with E-state index in [4.69, 9.17) is 9.47 Å². The summed E-state index contributed by atoms with van der Waals surface area (Å²) in [4.78, 5) is 112. The number of hydrogen-bond acceptors (Lipinski definition) is 17. The molecule has 14 aliphatic rings. The third-order valence-electron chi connectivity index (χ3n) is 30.3. The van der Waals surface area contributed by atoms with E-state index in [1.165, 1.54) is 9.80 Å². The van der Waals surface area contributed by atoms with Gasteiger partial charge in [0.05, 0.1) is 32.4 Å². The largest absolute Gasteiger partial charge is 0.393 e. The van der Waals surface area contributed by atoms with Crippen LogP contribution in [-0.4, -0.2) is 415 Å². The van der Waals surface area contributed by atoms with Crippen molar-refractivity contribution in [2.75, 3.05) is 197 Å². The molecular formula is C100H187F5N20O10. The highest BCUT2D eigenvalue weighted by Gasteiger charge is 2.41. The molecule has 13 amide bonds. The lowest BCUT2D eigenvalue weighted by Crippen LogP contribution is -2.54. The summed E-state index contributed by atoms with van der Waals surface area (Å²) in [7, 11) is 0. The molecule has 1 atom stereocenters. The monoisotopic (exact) mass is 1920 g/mol. The summed E-state index contributed by atoms with van der Waals surface area (Å²) in [6, 6.07) is 4.60. The van der Waals surface area contributed by atoms with E-state index in [9.17, 15) is 60.6 Å². The molecule has 14 saturated heterocycles. The van der Waals surface area contributed by atoms with Crippen LogP contribution in [0.3, 0.4) is 0 Å². The van der Waals surface area contributed by atoms with E-state index in [2.05, 4.69) is 189 Å². The number of amides is 13. The van der Waals surface area contributed by atoms with Crippen LogP contribution < -0.4 is 37.2 Å². The molecule has 0 saturated carbocycles. The Morgan fingerprint density at radius 1 is 0.311 bits per heavy atom. The van der Waals surface area contributed by atoms with E-state index in [1.807, 2.05) is 14.7 Å². The number of aliphatic hydroxyl groups is 1. The van der Waals surface area contributed by atoms with Gasteiger partial charge in [0.25, 0.3) is 11.8 Å². The number of ether oxygens (including phenoxy) is 2. The number of urea groups is 6. The van der Waals surface area contributed by atoms with Crippen LogP contribution in [-0.2, 0) is 14.3 Å². The smallest absolute Gasteiger partial charge is 0.317 e. The van der Waals surface area contributed by atoms with Crippen molar-refractivity contribution < 1.29 is 70.1 Å². The zero-order valence-electron chi connectivity index (χ0n) is 86.7. The van der Waals surface area contributed by atoms with Gasteiger partial charge < -0.3 is 106 Å². The standard InChI is InChI=1S/C15H27F2N3O.C15H29N3O2.C15H29N3O.C14H25F2N3O.C14H26FN3O.C14H26N2O2.C13H25N3O2/c1-14(2,3)20-8-4-12(5-9-20)18-13(21)19-10-6-15(16,17)7-11-19;1-15(2,3)18-10-4-12(5-11-18)16-14(20)17-8-6-13(19)7-9-17;1-12(2)17-10-6-14(7-11-17)16-15(19)18-8-4-13(3)5-9-18;1-11(2)18-8-4-12(5-9-18)17-13(20)19-7-3-6-14(15,16)10-19;1-11(2)17-8-5-13(6-9-17)16-14(19)18-7-3-4-12(15)10-18;1-11(2)16-7-3-13(4-8-16)15-14(17)12-5-9-18-10-6-12;1-11(2)15-5-3-12(4-6-15)14-13(17)16-7-9-18-10-8-16/h12H,4-11H2,1-3H3,(H,18,21);12-13,19H,4-11H2,1-3H3,(H,16,20);12-14H,4-11H2,1-3H3,(H,16,19);11-12H,3-10H2,1-2H3,(H,17,20);11-13H,3-10H2,1-2H3,(H,16,19);11-13H,3-10H2,1-2H3,(H,15,17);11-12H,3-10H2,1-2H3,(H,14,17). The molecule has 135 heavy (non-hydrogen) atoms. The summed E-state index contributed by atoms with van der Waals surface area (Å²) in [6.07, 6.45) is 19.8. The average Bonchev–Trinajstić information content (AvgIpc) is 0.815. The van der Waals surface area contributed by atoms with Crippen molar-refractivity contribution in [3.05, 3.63) is 0 Å². The number of likely N-dealkylation sites (tertiary alicyclic amines) is 12. The highest BCUT2D eigenvalue weighted by molar-refractivity contribution is 5.79. The second-order valence-electron chi connectivity index (χ2n) is 44.4. The molecule has 1 unspecified atom stereocenters. The number of hydrogen-bond donors (Lipinski definition) is 8. The maximum Gasteiger partial charge on any atom is 0.317 e. The maximum atomic E-state index is 13.3. The van der Waals surface area contributed by atoms with Crippen LogP contribution in [0.5, 0.6) is 0 Å². The van der Waals surface area contributed by atoms with Gasteiger partial charge >= 0.3 is 36.2 Å². The molecule has 0 bridgehead atoms. The Morgan fingerprint density at radius 2 is 0.593 bits per heavy atom. The molecule has 14 aliphatic heterocycles. The first kappa shape index (κ1) is 115. The molecule has 30 nitrogen and oxygen atoms in total. The minimum atomic E-state index is -2.73. The van der Waals surface area contributed by atoms with Crippen molar-refractivity contribution in [2.45, 2.75) is 392 Å². The van der Waals surface area contributed by atoms with Gasteiger partial charge in [0.1, 0.15) is 6.17 Å². The second-order valence-corrected chi connectivity index (χ2v) is 44.4. The fraction of sp³-hybridized carbons (Fsp3) is 0.930. The first-order valence-corrected chi connectivity index (χ1v) is 52.9. The van der Waals surface area contributed by atoms with E-state index >= 15 is 0 Å². The van der Waals surface area contributed by atoms with Gasteiger partial charge in [-0.3, -0.25) is 14.6 Å². The Labute approximate surface area is 810 Å². The SMILES string of the molecule is CC(C)(C)N1CCC(NC(=O)N2CCC(F)(F)CC2)CC1.CC(C)(C)N1CCC(NC(=O)N2CCC(O)CC2)CC1.CC(C)N1CCC(NC(=O)C2CCOCC2)CC1.CC(C)N1CCC(NC(=O)N2CCCC(F)(F)C2)CC1.CC(C)N1CCC(NC(=O)N2CCCC(F)C2)CC1.CC(C)N1CCC(NC(=O)N2CCOCC2)CC1.CC1CCN(C(=O)NC2CCN(C(C)C)CC2)CC1. The van der Waals surface area contributed by atoms with Crippen LogP contribution in [0.1, 0.15) is 285 Å². The second kappa shape index (κ2) is 56.8. The zero-order chi connectivity index (χ0) is 98.7. The minimum absolute atomic E-state index is 0.0473. The van der Waals surface area contributed by atoms with E-state index in [-0.39, 0.29) is 122 Å². The molecule has 782 valence electrons. The minimum Gasteiger partial charge on any atom is -0.393 e. The Hall–Kier alpha value is -5.66. The maximum absolute atomic E-state index is 13.3. The molecule has 0 radical (unpaired) electrons. The molecule has 14 heterocycles. The fourth-order valence-electron chi connectivity index (χ4n) is 20.4. The van der Waals surface area contributed by atoms with Gasteiger partial charge in [-0.25, -0.2) is 50.7 Å². The van der Waals surface area contributed by atoms with Gasteiger partial charge in [-0.2, -0.15) is 0 Å². The van der Waals surface area contributed by atoms with E-state index < -0.39 is 24.6 Å². The van der Waals surface area contributed by atoms with Crippen molar-refractivity contribution in [1.82, 2.24) is 101 Å². The van der Waals surface area contributed by atoms with E-state index in [0.717, 1.165) is 259 Å². The van der Waals surface area contributed by atoms with Crippen LogP contribution in [0.4, 0.5) is 50.7 Å². The lowest BCUT2D eigenvalue weighted by molar-refractivity contribution is -0.128. The number of alkyl halides is 5. The predicted molar refractivity (Wildman–Crippen MR) is 527 cm³/mol. The van der Waals surface area contributed by atoms with Crippen LogP contribution in [0.2, 0.25) is 0 Å². The Morgan fingerprint density at radius 3 is 0.911 bits per heavy atom. The molecule has 0 aromatic rings. The highest BCUT2D eigenvalue weighted by atomic mass is 19.3. The van der Waals surface area contributed by atoms with Crippen LogP contribution in [0.15, 0.2) is 0 Å². The summed E-state index contributed by atoms with van der Waals surface area (Å²) >= 11 is 0. The number of halogens is 5. The first-order chi connectivity index (χ1) is 63.8. The lowest BCUT2D eigenvalue weighted by atomic mass is 9.97. The number of nitrogens with zero attached hydrogens (tertiary/aromatic N) is 13. The van der Waals surface area contributed by atoms with Gasteiger partial charge in [-0.05, 0) is 264 Å². The van der Waals surface area contributed by atoms with Crippen molar-refractivity contribution >= 4 is 42.1 Å². The Bertz CT molecular complexity index is 3330. The van der Waals surface area contributed by atoms with Gasteiger partial charge in [0.15, 0.2) is 0 Å². The number of piperidine rings is 12. The number of nitrogens with one attached hydrogen (secondary N) is 7. The lowest BCUT2D eigenvalue weighted by Gasteiger charge is -2.41. The van der Waals surface area contributed by atoms with Crippen molar-refractivity contribution in [3.8, 4) is 0 Å². The molecule has 8 N–H and O–H groups in total. The van der Waals surface area contributed by atoms with E-state index in [1.54, 1.807) is 4.90 Å². The summed E-state index contributed by atoms with van der Waals surface area (Å²) in [5, 5.41) is 31.2. The quantitative estimate of drug-likeness (QED) is 0.0796. The van der Waals surface area contributed by atoms with Crippen molar-refractivity contribution in [2.24, 2.45) is 11.8 Å². The Balaban J connectivity index is 0.000000194. The Kier molecular flexibility index (Phi) is 48.3. The van der Waals surface area contributed by atoms with Gasteiger partial charge in [-0.15, -0.1) is 0 Å². The van der Waals surface area contributed by atoms with E-state index in [0.29, 0.717) is 119 Å². The van der Waals surface area contributed by atoms with Crippen LogP contribution in [0.25, 0.3) is 0 Å². The molecule has 0 aromatic carbocycles. The molecule has 0 spiro atoms. The average molecular weight is 1920 g/mol. The normalized spacial score (nSPS) is 24.6.